The van der Waals surface area contributed by atoms with E-state index in [1.165, 1.54) is 49.9 Å². The van der Waals surface area contributed by atoms with Gasteiger partial charge in [0, 0.05) is 65.7 Å². The lowest BCUT2D eigenvalue weighted by Crippen LogP contribution is -2.38. The average molecular weight is 1080 g/mol. The van der Waals surface area contributed by atoms with Crippen LogP contribution in [0.4, 0.5) is 5.69 Å². The number of rotatable bonds is 20. The highest BCUT2D eigenvalue weighted by Gasteiger charge is 2.47. The molecule has 2 aromatic heterocycles. The minimum Gasteiger partial charge on any atom is -0.497 e. The first kappa shape index (κ1) is 53.7. The number of halogens is 1. The highest BCUT2D eigenvalue weighted by molar-refractivity contribution is 8.54. The molecule has 2 fully saturated rings. The molecule has 0 saturated carbocycles. The van der Waals surface area contributed by atoms with Gasteiger partial charge < -0.3 is 28.4 Å². The van der Waals surface area contributed by atoms with Gasteiger partial charge in [0.15, 0.2) is 0 Å². The topological polar surface area (TPSA) is 261 Å². The molecule has 24 heteroatoms. The molecule has 2 aliphatic rings. The summed E-state index contributed by atoms with van der Waals surface area (Å²) in [6, 6.07) is 27.9. The lowest BCUT2D eigenvalue weighted by atomic mass is 9.80. The third kappa shape index (κ3) is 11.8. The summed E-state index contributed by atoms with van der Waals surface area (Å²) in [6.45, 7) is -1.36. The van der Waals surface area contributed by atoms with Gasteiger partial charge in [-0.3, -0.25) is 52.6 Å². The molecule has 74 heavy (non-hydrogen) atoms. The Kier molecular flexibility index (Phi) is 16.6. The third-order valence-electron chi connectivity index (χ3n) is 12.5. The molecule has 0 bridgehead atoms. The molecular weight excluding hydrogens is 1030 g/mol. The Hall–Kier alpha value is -6.62. The monoisotopic (exact) mass is 1080 g/mol. The maximum absolute atomic E-state index is 15.6. The molecule has 0 aliphatic carbocycles. The van der Waals surface area contributed by atoms with Crippen LogP contribution < -0.4 is 32.0 Å². The van der Waals surface area contributed by atoms with Crippen molar-refractivity contribution in [3.63, 3.8) is 0 Å². The van der Waals surface area contributed by atoms with Crippen molar-refractivity contribution >= 4 is 41.4 Å². The molecule has 0 radical (unpaired) electrons. The minimum absolute atomic E-state index is 0.0787. The molecule has 7 atom stereocenters. The third-order valence-corrected chi connectivity index (χ3v) is 16.4. The van der Waals surface area contributed by atoms with Crippen LogP contribution >= 0.6 is 29.8 Å². The number of benzene rings is 4. The van der Waals surface area contributed by atoms with Crippen molar-refractivity contribution in [1.82, 2.24) is 19.1 Å². The van der Waals surface area contributed by atoms with E-state index in [9.17, 15) is 34.1 Å². The van der Waals surface area contributed by atoms with Gasteiger partial charge in [-0.2, -0.15) is 0 Å². The number of nitrogens with one attached hydrogen (secondary N) is 2. The number of ether oxygens (including phenoxy) is 6. The van der Waals surface area contributed by atoms with Crippen molar-refractivity contribution in [3.05, 3.63) is 200 Å². The largest absolute Gasteiger partial charge is 0.497 e. The first-order chi connectivity index (χ1) is 35.4. The van der Waals surface area contributed by atoms with Crippen LogP contribution in [0.2, 0.25) is 5.02 Å². The minimum atomic E-state index is -4.65. The molecule has 2 saturated heterocycles. The Labute approximate surface area is 431 Å². The number of carbonyl (C=O) groups is 1. The van der Waals surface area contributed by atoms with Gasteiger partial charge >= 0.3 is 24.1 Å². The van der Waals surface area contributed by atoms with Crippen molar-refractivity contribution in [2.24, 2.45) is 0 Å². The SMILES string of the molecule is COc1ccc(C(OC[C@H]2O[C@@H](n3cc(C)c(=O)[nH]c3=O)C[C@@H]2OP(=O)(OC[C@H]2O[C@@H](n3cc(C)c(=O)[nH]c3=O)C[C@@H]2OC(C)=O)SCc2ccc(Cl)cc2[N+](=O)[O-])(c2ccccc2)c2ccc(OC)cc2)cc1. The molecule has 0 amide bonds. The van der Waals surface area contributed by atoms with E-state index in [2.05, 4.69) is 9.97 Å². The summed E-state index contributed by atoms with van der Waals surface area (Å²) in [5.74, 6) is 0.149. The van der Waals surface area contributed by atoms with Crippen LogP contribution in [0, 0.1) is 24.0 Å². The van der Waals surface area contributed by atoms with Crippen molar-refractivity contribution in [2.45, 2.75) is 81.8 Å². The highest BCUT2D eigenvalue weighted by Crippen LogP contribution is 2.64. The van der Waals surface area contributed by atoms with Gasteiger partial charge in [-0.1, -0.05) is 66.2 Å². The van der Waals surface area contributed by atoms with Crippen LogP contribution in [0.1, 0.15) is 65.6 Å². The Bertz CT molecular complexity index is 3250. The number of hydrogen-bond donors (Lipinski definition) is 2. The summed E-state index contributed by atoms with van der Waals surface area (Å²) in [6.07, 6.45) is -4.51. The highest BCUT2D eigenvalue weighted by atomic mass is 35.5. The predicted molar refractivity (Wildman–Crippen MR) is 271 cm³/mol. The quantitative estimate of drug-likeness (QED) is 0.0251. The van der Waals surface area contributed by atoms with E-state index < -0.39 is 89.3 Å². The number of aromatic nitrogens is 4. The fraction of sp³-hybridized carbons (Fsp3) is 0.340. The van der Waals surface area contributed by atoms with Crippen LogP contribution in [0.25, 0.3) is 0 Å². The van der Waals surface area contributed by atoms with E-state index in [4.69, 9.17) is 49.1 Å². The zero-order valence-corrected chi connectivity index (χ0v) is 43.0. The van der Waals surface area contributed by atoms with Crippen LogP contribution in [-0.2, 0) is 48.7 Å². The van der Waals surface area contributed by atoms with E-state index in [0.29, 0.717) is 39.6 Å². The van der Waals surface area contributed by atoms with E-state index in [0.717, 1.165) is 10.6 Å². The molecule has 4 aromatic carbocycles. The zero-order chi connectivity index (χ0) is 52.9. The molecule has 4 heterocycles. The number of nitro groups is 1. The molecule has 390 valence electrons. The van der Waals surface area contributed by atoms with E-state index in [-0.39, 0.29) is 52.6 Å². The van der Waals surface area contributed by atoms with Crippen LogP contribution in [0.15, 0.2) is 129 Å². The Morgan fingerprint density at radius 3 is 1.81 bits per heavy atom. The number of methoxy groups -OCH3 is 2. The normalized spacial score (nSPS) is 20.5. The second-order valence-electron chi connectivity index (χ2n) is 17.3. The number of carbonyl (C=O) groups excluding carboxylic acids is 1. The van der Waals surface area contributed by atoms with Gasteiger partial charge in [0.1, 0.15) is 54.0 Å². The first-order valence-corrected chi connectivity index (χ1v) is 26.5. The predicted octanol–water partition coefficient (Wildman–Crippen LogP) is 7.24. The zero-order valence-electron chi connectivity index (χ0n) is 40.5. The summed E-state index contributed by atoms with van der Waals surface area (Å²) in [5, 5.41) is 12.3. The molecule has 8 rings (SSSR count). The van der Waals surface area contributed by atoms with Crippen molar-refractivity contribution in [1.29, 1.82) is 0 Å². The standard InChI is InChI=1S/C50H51ClN5O16PS/c1-29-24-54(48(60)52-46(29)58)44-22-40(69-31(3)57)43(71-44)27-68-73(64,74-28-32-11-16-36(51)21-39(32)56(62)63)72-41-23-45(55-25-30(2)47(59)53-49(55)61)70-42(41)26-67-50(33-9-7-6-8-10-33,34-12-17-37(65-4)18-13-34)35-14-19-38(66-5)20-15-35/h6-21,24-25,40-45H,22-23,26-28H2,1-5H3,(H,52,58,60)(H,53,59,61)/t40-,41-,42+,43+,44+,45+,73?/m0/s1. The second kappa shape index (κ2) is 22.9. The first-order valence-electron chi connectivity index (χ1n) is 23.0. The van der Waals surface area contributed by atoms with Gasteiger partial charge in [0.25, 0.3) is 16.8 Å². The lowest BCUT2D eigenvalue weighted by molar-refractivity contribution is -0.385. The van der Waals surface area contributed by atoms with Crippen molar-refractivity contribution in [3.8, 4) is 11.5 Å². The summed E-state index contributed by atoms with van der Waals surface area (Å²) < 4.78 is 67.4. The summed E-state index contributed by atoms with van der Waals surface area (Å²) in [7, 11) is 3.10. The summed E-state index contributed by atoms with van der Waals surface area (Å²) >= 11 is 6.75. The number of nitrogens with zero attached hydrogens (tertiary/aromatic N) is 3. The van der Waals surface area contributed by atoms with Gasteiger partial charge in [-0.25, -0.2) is 14.2 Å². The molecule has 1 unspecified atom stereocenters. The summed E-state index contributed by atoms with van der Waals surface area (Å²) in [5.41, 5.74) is -2.04. The van der Waals surface area contributed by atoms with E-state index in [1.807, 2.05) is 54.6 Å². The Balaban J connectivity index is 1.19. The van der Waals surface area contributed by atoms with Gasteiger partial charge in [0.2, 0.25) is 0 Å². The van der Waals surface area contributed by atoms with Crippen molar-refractivity contribution < 1.29 is 51.8 Å². The van der Waals surface area contributed by atoms with Crippen molar-refractivity contribution in [2.75, 3.05) is 27.4 Å². The van der Waals surface area contributed by atoms with Crippen LogP contribution in [0.3, 0.4) is 0 Å². The maximum atomic E-state index is 15.6. The number of aromatic amines is 2. The number of nitro benzene ring substituents is 1. The molecule has 2 aliphatic heterocycles. The number of H-pyrrole nitrogens is 2. The average Bonchev–Trinajstić information content (AvgIpc) is 3.98. The van der Waals surface area contributed by atoms with Gasteiger partial charge in [-0.15, -0.1) is 0 Å². The molecule has 2 N–H and O–H groups in total. The smallest absolute Gasteiger partial charge is 0.389 e. The molecular formula is C50H51ClN5O16PS. The number of aryl methyl sites for hydroxylation is 2. The fourth-order valence-corrected chi connectivity index (χ4v) is 12.4. The number of hydrogen-bond acceptors (Lipinski definition) is 17. The second-order valence-corrected chi connectivity index (χ2v) is 21.8. The van der Waals surface area contributed by atoms with Crippen LogP contribution in [-0.4, -0.2) is 81.8 Å². The molecule has 0 spiro atoms. The molecule has 21 nitrogen and oxygen atoms in total. The Morgan fingerprint density at radius 2 is 1.30 bits per heavy atom. The Morgan fingerprint density at radius 1 is 0.784 bits per heavy atom. The number of esters is 1. The van der Waals surface area contributed by atoms with Gasteiger partial charge in [-0.05, 0) is 78.3 Å². The molecule has 6 aromatic rings. The van der Waals surface area contributed by atoms with Gasteiger partial charge in [0.05, 0.1) is 32.4 Å². The lowest BCUT2D eigenvalue weighted by Gasteiger charge is -2.37. The van der Waals surface area contributed by atoms with E-state index in [1.54, 1.807) is 38.5 Å². The van der Waals surface area contributed by atoms with E-state index >= 15 is 4.57 Å². The maximum Gasteiger partial charge on any atom is 0.389 e. The van der Waals surface area contributed by atoms with Crippen LogP contribution in [0.5, 0.6) is 11.5 Å². The fourth-order valence-electron chi connectivity index (χ4n) is 8.78. The summed E-state index contributed by atoms with van der Waals surface area (Å²) in [4.78, 5) is 79.7.